The summed E-state index contributed by atoms with van der Waals surface area (Å²) in [6, 6.07) is 5.72. The summed E-state index contributed by atoms with van der Waals surface area (Å²) >= 11 is 3.49. The van der Waals surface area contributed by atoms with Gasteiger partial charge in [0.25, 0.3) is 5.91 Å². The number of aromatic nitrogens is 1. The number of carbonyl (C=O) groups is 2. The first-order chi connectivity index (χ1) is 11.9. The zero-order chi connectivity index (χ0) is 17.7. The molecule has 4 rings (SSSR count). The molecular weight excluding hydrogens is 382 g/mol. The monoisotopic (exact) mass is 401 g/mol. The lowest BCUT2D eigenvalue weighted by Crippen LogP contribution is -2.37. The van der Waals surface area contributed by atoms with E-state index in [1.165, 1.54) is 0 Å². The summed E-state index contributed by atoms with van der Waals surface area (Å²) in [5.74, 6) is 0.430. The first-order valence-corrected chi connectivity index (χ1v) is 9.38. The molecular formula is C19H20BrN3O2. The van der Waals surface area contributed by atoms with Crippen LogP contribution in [0.2, 0.25) is 0 Å². The molecule has 130 valence electrons. The topological polar surface area (TPSA) is 62.3 Å². The molecule has 6 heteroatoms. The van der Waals surface area contributed by atoms with Crippen molar-refractivity contribution < 1.29 is 9.59 Å². The van der Waals surface area contributed by atoms with Gasteiger partial charge in [0.2, 0.25) is 5.91 Å². The predicted octanol–water partition coefficient (Wildman–Crippen LogP) is 3.14. The van der Waals surface area contributed by atoms with E-state index in [1.807, 2.05) is 25.1 Å². The number of nitrogens with one attached hydrogen (secondary N) is 1. The molecule has 1 atom stereocenters. The standard InChI is InChI=1S/C19H20BrN3O2/c1-10-17(19(25)21-13-8-16(24)23(2)9-13)14-7-12(20)5-6-15(14)22-18(10)11-3-4-11/h5-7,11,13H,3-4,8-9H2,1-2H3,(H,21,25). The molecule has 1 unspecified atom stereocenters. The number of pyridine rings is 1. The van der Waals surface area contributed by atoms with E-state index in [-0.39, 0.29) is 17.9 Å². The van der Waals surface area contributed by atoms with Gasteiger partial charge in [0.15, 0.2) is 0 Å². The van der Waals surface area contributed by atoms with Crippen molar-refractivity contribution >= 4 is 38.6 Å². The Kier molecular flexibility index (Phi) is 4.02. The summed E-state index contributed by atoms with van der Waals surface area (Å²) in [7, 11) is 1.77. The summed E-state index contributed by atoms with van der Waals surface area (Å²) < 4.78 is 0.921. The molecule has 1 aliphatic heterocycles. The van der Waals surface area contributed by atoms with Crippen LogP contribution in [-0.4, -0.2) is 41.3 Å². The lowest BCUT2D eigenvalue weighted by molar-refractivity contribution is -0.126. The molecule has 1 saturated heterocycles. The van der Waals surface area contributed by atoms with Crippen LogP contribution in [0, 0.1) is 6.92 Å². The highest BCUT2D eigenvalue weighted by molar-refractivity contribution is 9.10. The number of benzene rings is 1. The van der Waals surface area contributed by atoms with E-state index >= 15 is 0 Å². The average Bonchev–Trinajstić information content (AvgIpc) is 3.33. The first kappa shape index (κ1) is 16.5. The Hall–Kier alpha value is -1.95. The fraction of sp³-hybridized carbons (Fsp3) is 0.421. The van der Waals surface area contributed by atoms with Gasteiger partial charge in [-0.2, -0.15) is 0 Å². The molecule has 1 aromatic heterocycles. The van der Waals surface area contributed by atoms with Gasteiger partial charge >= 0.3 is 0 Å². The van der Waals surface area contributed by atoms with Gasteiger partial charge in [-0.3, -0.25) is 14.6 Å². The van der Waals surface area contributed by atoms with Crippen LogP contribution in [0.5, 0.6) is 0 Å². The van der Waals surface area contributed by atoms with E-state index in [0.717, 1.165) is 39.5 Å². The summed E-state index contributed by atoms with van der Waals surface area (Å²) in [5.41, 5.74) is 3.54. The highest BCUT2D eigenvalue weighted by Gasteiger charge is 2.32. The molecule has 0 radical (unpaired) electrons. The number of likely N-dealkylation sites (tertiary alicyclic amines) is 1. The van der Waals surface area contributed by atoms with Crippen LogP contribution in [0.4, 0.5) is 0 Å². The fourth-order valence-electron chi connectivity index (χ4n) is 3.61. The molecule has 1 aliphatic carbocycles. The molecule has 0 bridgehead atoms. The Morgan fingerprint density at radius 3 is 2.76 bits per heavy atom. The second kappa shape index (κ2) is 6.09. The van der Waals surface area contributed by atoms with Crippen molar-refractivity contribution in [2.45, 2.75) is 38.1 Å². The van der Waals surface area contributed by atoms with Crippen molar-refractivity contribution in [1.29, 1.82) is 0 Å². The van der Waals surface area contributed by atoms with E-state index in [9.17, 15) is 9.59 Å². The van der Waals surface area contributed by atoms with Crippen LogP contribution in [0.1, 0.15) is 46.8 Å². The molecule has 2 aliphatic rings. The Bertz CT molecular complexity index is 892. The number of likely N-dealkylation sites (N-methyl/N-ethyl adjacent to an activating group) is 1. The van der Waals surface area contributed by atoms with Crippen molar-refractivity contribution in [2.75, 3.05) is 13.6 Å². The number of fused-ring (bicyclic) bond motifs is 1. The number of rotatable bonds is 3. The maximum atomic E-state index is 13.1. The fourth-order valence-corrected chi connectivity index (χ4v) is 3.98. The minimum Gasteiger partial charge on any atom is -0.347 e. The van der Waals surface area contributed by atoms with Crippen LogP contribution in [0.3, 0.4) is 0 Å². The molecule has 1 N–H and O–H groups in total. The Morgan fingerprint density at radius 1 is 1.36 bits per heavy atom. The van der Waals surface area contributed by atoms with Crippen LogP contribution >= 0.6 is 15.9 Å². The summed E-state index contributed by atoms with van der Waals surface area (Å²) in [4.78, 5) is 31.3. The summed E-state index contributed by atoms with van der Waals surface area (Å²) in [5, 5.41) is 3.90. The van der Waals surface area contributed by atoms with E-state index in [1.54, 1.807) is 11.9 Å². The summed E-state index contributed by atoms with van der Waals surface area (Å²) in [6.07, 6.45) is 2.64. The van der Waals surface area contributed by atoms with Crippen molar-refractivity contribution in [3.05, 3.63) is 39.5 Å². The first-order valence-electron chi connectivity index (χ1n) is 8.58. The minimum atomic E-state index is -0.135. The van der Waals surface area contributed by atoms with Crippen LogP contribution in [-0.2, 0) is 4.79 Å². The number of carbonyl (C=O) groups excluding carboxylic acids is 2. The minimum absolute atomic E-state index is 0.0722. The van der Waals surface area contributed by atoms with Crippen LogP contribution in [0.15, 0.2) is 22.7 Å². The third-order valence-corrected chi connectivity index (χ3v) is 5.59. The molecule has 1 saturated carbocycles. The van der Waals surface area contributed by atoms with Crippen molar-refractivity contribution in [2.24, 2.45) is 0 Å². The zero-order valence-corrected chi connectivity index (χ0v) is 15.9. The molecule has 2 amide bonds. The second-order valence-electron chi connectivity index (χ2n) is 7.08. The lowest BCUT2D eigenvalue weighted by atomic mass is 9.98. The number of amides is 2. The Labute approximate surface area is 154 Å². The molecule has 2 heterocycles. The van der Waals surface area contributed by atoms with E-state index in [2.05, 4.69) is 21.2 Å². The number of hydrogen-bond acceptors (Lipinski definition) is 3. The highest BCUT2D eigenvalue weighted by atomic mass is 79.9. The van der Waals surface area contributed by atoms with Gasteiger partial charge in [0.1, 0.15) is 0 Å². The number of nitrogens with zero attached hydrogens (tertiary/aromatic N) is 2. The molecule has 2 aromatic rings. The van der Waals surface area contributed by atoms with Gasteiger partial charge in [0.05, 0.1) is 17.1 Å². The Balaban J connectivity index is 1.76. The van der Waals surface area contributed by atoms with Gasteiger partial charge in [-0.25, -0.2) is 0 Å². The average molecular weight is 402 g/mol. The highest BCUT2D eigenvalue weighted by Crippen LogP contribution is 2.42. The van der Waals surface area contributed by atoms with Gasteiger partial charge in [-0.1, -0.05) is 15.9 Å². The number of halogens is 1. The van der Waals surface area contributed by atoms with Crippen LogP contribution < -0.4 is 5.32 Å². The normalized spacial score (nSPS) is 20.4. The molecule has 5 nitrogen and oxygen atoms in total. The third kappa shape index (κ3) is 3.03. The Morgan fingerprint density at radius 2 is 2.12 bits per heavy atom. The van der Waals surface area contributed by atoms with E-state index in [4.69, 9.17) is 4.98 Å². The second-order valence-corrected chi connectivity index (χ2v) is 8.00. The predicted molar refractivity (Wildman–Crippen MR) is 99.7 cm³/mol. The van der Waals surface area contributed by atoms with Crippen molar-refractivity contribution in [1.82, 2.24) is 15.2 Å². The van der Waals surface area contributed by atoms with Gasteiger partial charge in [-0.05, 0) is 43.5 Å². The molecule has 1 aromatic carbocycles. The number of hydrogen-bond donors (Lipinski definition) is 1. The maximum Gasteiger partial charge on any atom is 0.252 e. The lowest BCUT2D eigenvalue weighted by Gasteiger charge is -2.17. The third-order valence-electron chi connectivity index (χ3n) is 5.10. The van der Waals surface area contributed by atoms with Crippen molar-refractivity contribution in [3.8, 4) is 0 Å². The zero-order valence-electron chi connectivity index (χ0n) is 14.3. The molecule has 25 heavy (non-hydrogen) atoms. The largest absolute Gasteiger partial charge is 0.347 e. The molecule has 0 spiro atoms. The van der Waals surface area contributed by atoms with Gasteiger partial charge in [0, 0.05) is 41.5 Å². The van der Waals surface area contributed by atoms with E-state index < -0.39 is 0 Å². The van der Waals surface area contributed by atoms with Gasteiger partial charge < -0.3 is 10.2 Å². The quantitative estimate of drug-likeness (QED) is 0.858. The van der Waals surface area contributed by atoms with Gasteiger partial charge in [-0.15, -0.1) is 0 Å². The van der Waals surface area contributed by atoms with Crippen molar-refractivity contribution in [3.63, 3.8) is 0 Å². The summed E-state index contributed by atoms with van der Waals surface area (Å²) in [6.45, 7) is 2.55. The van der Waals surface area contributed by atoms with E-state index in [0.29, 0.717) is 24.4 Å². The van der Waals surface area contributed by atoms with Crippen LogP contribution in [0.25, 0.3) is 10.9 Å². The molecule has 2 fully saturated rings. The maximum absolute atomic E-state index is 13.1. The smallest absolute Gasteiger partial charge is 0.252 e. The SMILES string of the molecule is Cc1c(C2CC2)nc2ccc(Br)cc2c1C(=O)NC1CC(=O)N(C)C1.